The van der Waals surface area contributed by atoms with E-state index in [2.05, 4.69) is 5.92 Å². The van der Waals surface area contributed by atoms with Crippen LogP contribution in [0.5, 0.6) is 0 Å². The van der Waals surface area contributed by atoms with Crippen LogP contribution < -0.4 is 5.73 Å². The number of carbonyl (C=O) groups is 1. The monoisotopic (exact) mass is 188 g/mol. The summed E-state index contributed by atoms with van der Waals surface area (Å²) in [7, 11) is 0. The molecule has 0 aromatic heterocycles. The van der Waals surface area contributed by atoms with Crippen molar-refractivity contribution in [2.24, 2.45) is 5.73 Å². The Morgan fingerprint density at radius 1 is 1.77 bits per heavy atom. The minimum atomic E-state index is -2.87. The van der Waals surface area contributed by atoms with Gasteiger partial charge in [0.25, 0.3) is 5.92 Å². The van der Waals surface area contributed by atoms with Gasteiger partial charge in [-0.05, 0) is 0 Å². The van der Waals surface area contributed by atoms with Gasteiger partial charge in [-0.2, -0.15) is 0 Å². The standard InChI is InChI=1S/C8H10F2N2O/c1-2-6-3-8(9,10)5-12(6)7(13)4-11/h1,6H,3-5,11H2/t6-/m1/s1. The first-order chi connectivity index (χ1) is 6.00. The highest BCUT2D eigenvalue weighted by molar-refractivity contribution is 5.79. The lowest BCUT2D eigenvalue weighted by Crippen LogP contribution is -2.39. The molecule has 1 aliphatic heterocycles. The summed E-state index contributed by atoms with van der Waals surface area (Å²) < 4.78 is 25.6. The van der Waals surface area contributed by atoms with Gasteiger partial charge >= 0.3 is 0 Å². The zero-order valence-corrected chi connectivity index (χ0v) is 6.96. The lowest BCUT2D eigenvalue weighted by molar-refractivity contribution is -0.130. The average Bonchev–Trinajstić information content (AvgIpc) is 2.39. The van der Waals surface area contributed by atoms with E-state index in [9.17, 15) is 13.6 Å². The number of hydrogen-bond acceptors (Lipinski definition) is 2. The maximum atomic E-state index is 12.8. The first-order valence-electron chi connectivity index (χ1n) is 3.83. The quantitative estimate of drug-likeness (QED) is 0.580. The molecular weight excluding hydrogens is 178 g/mol. The Bertz CT molecular complexity index is 259. The fraction of sp³-hybridized carbons (Fsp3) is 0.625. The van der Waals surface area contributed by atoms with Crippen LogP contribution in [0.15, 0.2) is 0 Å². The molecule has 1 saturated heterocycles. The first-order valence-corrected chi connectivity index (χ1v) is 3.83. The van der Waals surface area contributed by atoms with E-state index < -0.39 is 30.8 Å². The van der Waals surface area contributed by atoms with Crippen LogP contribution in [0.1, 0.15) is 6.42 Å². The molecule has 5 heteroatoms. The molecule has 2 N–H and O–H groups in total. The molecule has 13 heavy (non-hydrogen) atoms. The third kappa shape index (κ3) is 1.95. The fourth-order valence-corrected chi connectivity index (χ4v) is 1.35. The van der Waals surface area contributed by atoms with Crippen LogP contribution in [0.3, 0.4) is 0 Å². The second-order valence-electron chi connectivity index (χ2n) is 2.97. The predicted octanol–water partition coefficient (Wildman–Crippen LogP) is -0.185. The summed E-state index contributed by atoms with van der Waals surface area (Å²) in [5, 5.41) is 0. The number of rotatable bonds is 1. The van der Waals surface area contributed by atoms with Gasteiger partial charge in [0.05, 0.1) is 19.1 Å². The van der Waals surface area contributed by atoms with E-state index in [4.69, 9.17) is 12.2 Å². The maximum Gasteiger partial charge on any atom is 0.268 e. The van der Waals surface area contributed by atoms with Crippen molar-refractivity contribution in [3.8, 4) is 12.3 Å². The highest BCUT2D eigenvalue weighted by Gasteiger charge is 2.45. The number of nitrogens with two attached hydrogens (primary N) is 1. The van der Waals surface area contributed by atoms with Gasteiger partial charge in [0.2, 0.25) is 5.91 Å². The SMILES string of the molecule is C#C[C@@H]1CC(F)(F)CN1C(=O)CN. The van der Waals surface area contributed by atoms with Crippen molar-refractivity contribution in [2.75, 3.05) is 13.1 Å². The number of terminal acetylenes is 1. The Balaban J connectivity index is 2.76. The minimum absolute atomic E-state index is 0.283. The third-order valence-corrected chi connectivity index (χ3v) is 1.96. The van der Waals surface area contributed by atoms with Crippen molar-refractivity contribution in [2.45, 2.75) is 18.4 Å². The molecule has 0 aromatic rings. The summed E-state index contributed by atoms with van der Waals surface area (Å²) in [5.74, 6) is -1.25. The number of amides is 1. The molecule has 0 aliphatic carbocycles. The molecule has 3 nitrogen and oxygen atoms in total. The Hall–Kier alpha value is -1.15. The third-order valence-electron chi connectivity index (χ3n) is 1.96. The van der Waals surface area contributed by atoms with Gasteiger partial charge < -0.3 is 10.6 Å². The Labute approximate surface area is 74.9 Å². The van der Waals surface area contributed by atoms with E-state index in [0.29, 0.717) is 0 Å². The molecule has 0 radical (unpaired) electrons. The normalized spacial score (nSPS) is 25.7. The van der Waals surface area contributed by atoms with E-state index in [0.717, 1.165) is 4.90 Å². The lowest BCUT2D eigenvalue weighted by Gasteiger charge is -2.18. The number of hydrogen-bond donors (Lipinski definition) is 1. The maximum absolute atomic E-state index is 12.8. The number of carbonyl (C=O) groups excluding carboxylic acids is 1. The smallest absolute Gasteiger partial charge is 0.268 e. The summed E-state index contributed by atoms with van der Waals surface area (Å²) in [5.41, 5.74) is 5.05. The van der Waals surface area contributed by atoms with Crippen molar-refractivity contribution in [3.05, 3.63) is 0 Å². The first kappa shape index (κ1) is 9.93. The second kappa shape index (κ2) is 3.30. The highest BCUT2D eigenvalue weighted by Crippen LogP contribution is 2.31. The van der Waals surface area contributed by atoms with Gasteiger partial charge in [-0.15, -0.1) is 6.42 Å². The number of halogens is 2. The molecule has 1 heterocycles. The molecule has 0 bridgehead atoms. The van der Waals surface area contributed by atoms with E-state index in [1.54, 1.807) is 0 Å². The summed E-state index contributed by atoms with van der Waals surface area (Å²) in [4.78, 5) is 12.0. The fourth-order valence-electron chi connectivity index (χ4n) is 1.35. The second-order valence-corrected chi connectivity index (χ2v) is 2.97. The highest BCUT2D eigenvalue weighted by atomic mass is 19.3. The van der Waals surface area contributed by atoms with E-state index in [-0.39, 0.29) is 6.54 Å². The van der Waals surface area contributed by atoms with Crippen LogP contribution in [0.25, 0.3) is 0 Å². The van der Waals surface area contributed by atoms with Crippen molar-refractivity contribution in [3.63, 3.8) is 0 Å². The molecule has 1 rings (SSSR count). The molecule has 0 aromatic carbocycles. The average molecular weight is 188 g/mol. The van der Waals surface area contributed by atoms with E-state index in [1.165, 1.54) is 0 Å². The molecule has 72 valence electrons. The van der Waals surface area contributed by atoms with Gasteiger partial charge in [-0.25, -0.2) is 8.78 Å². The summed E-state index contributed by atoms with van der Waals surface area (Å²) in [6.07, 6.45) is 4.56. The van der Waals surface area contributed by atoms with Crippen LogP contribution in [0.2, 0.25) is 0 Å². The van der Waals surface area contributed by atoms with Crippen molar-refractivity contribution >= 4 is 5.91 Å². The molecule has 1 fully saturated rings. The topological polar surface area (TPSA) is 46.3 Å². The molecule has 1 atom stereocenters. The summed E-state index contributed by atoms with van der Waals surface area (Å²) >= 11 is 0. The van der Waals surface area contributed by atoms with Crippen LogP contribution in [-0.2, 0) is 4.79 Å². The predicted molar refractivity (Wildman–Crippen MR) is 43.0 cm³/mol. The lowest BCUT2D eigenvalue weighted by atomic mass is 10.2. The molecule has 0 saturated carbocycles. The number of likely N-dealkylation sites (tertiary alicyclic amines) is 1. The Morgan fingerprint density at radius 3 is 2.85 bits per heavy atom. The zero-order chi connectivity index (χ0) is 10.1. The van der Waals surface area contributed by atoms with Gasteiger partial charge in [0.15, 0.2) is 0 Å². The number of nitrogens with zero attached hydrogens (tertiary/aromatic N) is 1. The van der Waals surface area contributed by atoms with Gasteiger partial charge in [-0.3, -0.25) is 4.79 Å². The molecular formula is C8H10F2N2O. The largest absolute Gasteiger partial charge is 0.322 e. The van der Waals surface area contributed by atoms with E-state index in [1.807, 2.05) is 0 Å². The minimum Gasteiger partial charge on any atom is -0.322 e. The van der Waals surface area contributed by atoms with Crippen LogP contribution in [0.4, 0.5) is 8.78 Å². The van der Waals surface area contributed by atoms with Crippen molar-refractivity contribution < 1.29 is 13.6 Å². The van der Waals surface area contributed by atoms with E-state index >= 15 is 0 Å². The Kier molecular flexibility index (Phi) is 2.52. The summed E-state index contributed by atoms with van der Waals surface area (Å²) in [6.45, 7) is -0.897. The Morgan fingerprint density at radius 2 is 2.38 bits per heavy atom. The van der Waals surface area contributed by atoms with Gasteiger partial charge in [-0.1, -0.05) is 5.92 Å². The van der Waals surface area contributed by atoms with Crippen LogP contribution >= 0.6 is 0 Å². The van der Waals surface area contributed by atoms with Crippen LogP contribution in [-0.4, -0.2) is 35.9 Å². The zero-order valence-electron chi connectivity index (χ0n) is 6.96. The van der Waals surface area contributed by atoms with Crippen molar-refractivity contribution in [1.29, 1.82) is 0 Å². The molecule has 1 amide bonds. The van der Waals surface area contributed by atoms with Gasteiger partial charge in [0, 0.05) is 6.42 Å². The summed E-state index contributed by atoms with van der Waals surface area (Å²) in [6, 6.07) is -0.814. The molecule has 1 aliphatic rings. The molecule has 0 unspecified atom stereocenters. The van der Waals surface area contributed by atoms with Gasteiger partial charge in [0.1, 0.15) is 0 Å². The van der Waals surface area contributed by atoms with Crippen molar-refractivity contribution in [1.82, 2.24) is 4.90 Å². The molecule has 0 spiro atoms. The van der Waals surface area contributed by atoms with Crippen LogP contribution in [0, 0.1) is 12.3 Å². The number of alkyl halides is 2.